The topological polar surface area (TPSA) is 64.6 Å². The third kappa shape index (κ3) is 5.79. The van der Waals surface area contributed by atoms with Crippen molar-refractivity contribution in [2.75, 3.05) is 46.6 Å². The molecule has 0 radical (unpaired) electrons. The van der Waals surface area contributed by atoms with E-state index in [1.165, 1.54) is 12.8 Å². The molecular formula is C23H35N3O4. The lowest BCUT2D eigenvalue weighted by molar-refractivity contribution is -0.0721. The number of aliphatic imine (C=N–C) groups is 1. The van der Waals surface area contributed by atoms with Crippen LogP contribution in [0.25, 0.3) is 0 Å². The third-order valence-corrected chi connectivity index (χ3v) is 6.01. The lowest BCUT2D eigenvalue weighted by Gasteiger charge is -2.35. The predicted molar refractivity (Wildman–Crippen MR) is 116 cm³/mol. The standard InChI is InChI=1S/C23H35N3O4/c1-24-23(25-16-18-6-7-21-22(15-18)29-14-4-13-28-21)26-10-8-19(9-11-26)30-17-20-5-2-3-12-27-20/h6-7,15,19-20H,2-5,8-14,16-17H2,1H3,(H,24,25). The molecule has 2 saturated heterocycles. The summed E-state index contributed by atoms with van der Waals surface area (Å²) in [6, 6.07) is 6.15. The normalized spacial score (nSPS) is 23.2. The van der Waals surface area contributed by atoms with Gasteiger partial charge in [-0.3, -0.25) is 4.99 Å². The SMILES string of the molecule is CN=C(NCc1ccc2c(c1)OCCCO2)N1CCC(OCC2CCCCO2)CC1. The Morgan fingerprint density at radius 3 is 2.67 bits per heavy atom. The minimum absolute atomic E-state index is 0.293. The summed E-state index contributed by atoms with van der Waals surface area (Å²) in [5.74, 6) is 2.61. The van der Waals surface area contributed by atoms with Crippen LogP contribution in [0.15, 0.2) is 23.2 Å². The highest BCUT2D eigenvalue weighted by molar-refractivity contribution is 5.80. The molecule has 4 rings (SSSR count). The van der Waals surface area contributed by atoms with E-state index in [2.05, 4.69) is 27.3 Å². The van der Waals surface area contributed by atoms with Gasteiger partial charge in [-0.1, -0.05) is 6.07 Å². The molecule has 2 fully saturated rings. The molecule has 0 saturated carbocycles. The Morgan fingerprint density at radius 2 is 1.90 bits per heavy atom. The van der Waals surface area contributed by atoms with Crippen LogP contribution >= 0.6 is 0 Å². The van der Waals surface area contributed by atoms with Crippen molar-refractivity contribution >= 4 is 5.96 Å². The van der Waals surface area contributed by atoms with Crippen LogP contribution in [0.5, 0.6) is 11.5 Å². The van der Waals surface area contributed by atoms with Crippen LogP contribution in [0.1, 0.15) is 44.1 Å². The second-order valence-corrected chi connectivity index (χ2v) is 8.24. The zero-order valence-electron chi connectivity index (χ0n) is 18.1. The molecule has 7 nitrogen and oxygen atoms in total. The molecule has 1 unspecified atom stereocenters. The highest BCUT2D eigenvalue weighted by Crippen LogP contribution is 2.30. The van der Waals surface area contributed by atoms with Crippen LogP contribution in [0.2, 0.25) is 0 Å². The number of hydrogen-bond acceptors (Lipinski definition) is 5. The number of piperidine rings is 1. The zero-order chi connectivity index (χ0) is 20.6. The van der Waals surface area contributed by atoms with Crippen LogP contribution in [0.4, 0.5) is 0 Å². The summed E-state index contributed by atoms with van der Waals surface area (Å²) in [4.78, 5) is 6.81. The average molecular weight is 418 g/mol. The van der Waals surface area contributed by atoms with E-state index in [1.54, 1.807) is 0 Å². The molecular weight excluding hydrogens is 382 g/mol. The first-order valence-electron chi connectivity index (χ1n) is 11.4. The van der Waals surface area contributed by atoms with Crippen LogP contribution in [0.3, 0.4) is 0 Å². The van der Waals surface area contributed by atoms with Gasteiger partial charge < -0.3 is 29.2 Å². The number of hydrogen-bond donors (Lipinski definition) is 1. The maximum Gasteiger partial charge on any atom is 0.193 e. The molecule has 0 bridgehead atoms. The maximum atomic E-state index is 6.14. The molecule has 3 aliphatic rings. The lowest BCUT2D eigenvalue weighted by Crippen LogP contribution is -2.47. The Labute approximate surface area is 179 Å². The molecule has 0 spiro atoms. The molecule has 0 aromatic heterocycles. The van der Waals surface area contributed by atoms with Crippen LogP contribution in [0, 0.1) is 0 Å². The summed E-state index contributed by atoms with van der Waals surface area (Å²) < 4.78 is 23.4. The van der Waals surface area contributed by atoms with Gasteiger partial charge in [-0.05, 0) is 49.8 Å². The van der Waals surface area contributed by atoms with Crippen LogP contribution in [-0.2, 0) is 16.0 Å². The van der Waals surface area contributed by atoms with Crippen molar-refractivity contribution in [3.63, 3.8) is 0 Å². The first-order chi connectivity index (χ1) is 14.8. The molecule has 0 amide bonds. The number of ether oxygens (including phenoxy) is 4. The highest BCUT2D eigenvalue weighted by atomic mass is 16.5. The first kappa shape index (κ1) is 21.2. The van der Waals surface area contributed by atoms with E-state index in [0.29, 0.717) is 32.0 Å². The van der Waals surface area contributed by atoms with Crippen molar-refractivity contribution in [3.05, 3.63) is 23.8 Å². The molecule has 1 atom stereocenters. The molecule has 7 heteroatoms. The Hall–Kier alpha value is -1.99. The van der Waals surface area contributed by atoms with Gasteiger partial charge in [-0.2, -0.15) is 0 Å². The van der Waals surface area contributed by atoms with E-state index in [1.807, 2.05) is 13.1 Å². The fourth-order valence-electron chi connectivity index (χ4n) is 4.25. The van der Waals surface area contributed by atoms with Gasteiger partial charge in [0.05, 0.1) is 32.0 Å². The Kier molecular flexibility index (Phi) is 7.70. The quantitative estimate of drug-likeness (QED) is 0.587. The van der Waals surface area contributed by atoms with Crippen molar-refractivity contribution in [1.82, 2.24) is 10.2 Å². The summed E-state index contributed by atoms with van der Waals surface area (Å²) >= 11 is 0. The van der Waals surface area contributed by atoms with Crippen molar-refractivity contribution in [1.29, 1.82) is 0 Å². The molecule has 1 aromatic rings. The fraction of sp³-hybridized carbons (Fsp3) is 0.696. The van der Waals surface area contributed by atoms with Gasteiger partial charge in [0.25, 0.3) is 0 Å². The average Bonchev–Trinajstić information content (AvgIpc) is 3.04. The minimum atomic E-state index is 0.293. The van der Waals surface area contributed by atoms with Gasteiger partial charge in [0.2, 0.25) is 0 Å². The number of nitrogens with zero attached hydrogens (tertiary/aromatic N) is 2. The van der Waals surface area contributed by atoms with Gasteiger partial charge in [0, 0.05) is 39.7 Å². The number of fused-ring (bicyclic) bond motifs is 1. The van der Waals surface area contributed by atoms with Gasteiger partial charge in [-0.15, -0.1) is 0 Å². The lowest BCUT2D eigenvalue weighted by atomic mass is 10.1. The zero-order valence-corrected chi connectivity index (χ0v) is 18.1. The number of guanidine groups is 1. The second-order valence-electron chi connectivity index (χ2n) is 8.24. The van der Waals surface area contributed by atoms with Gasteiger partial charge >= 0.3 is 0 Å². The van der Waals surface area contributed by atoms with Crippen molar-refractivity contribution in [3.8, 4) is 11.5 Å². The molecule has 1 aromatic carbocycles. The predicted octanol–water partition coefficient (Wildman–Crippen LogP) is 2.97. The summed E-state index contributed by atoms with van der Waals surface area (Å²) in [6.07, 6.45) is 7.17. The van der Waals surface area contributed by atoms with E-state index in [-0.39, 0.29) is 0 Å². The van der Waals surface area contributed by atoms with Crippen molar-refractivity contribution < 1.29 is 18.9 Å². The Morgan fingerprint density at radius 1 is 1.07 bits per heavy atom. The summed E-state index contributed by atoms with van der Waals surface area (Å²) in [5, 5.41) is 3.50. The Bertz CT molecular complexity index is 698. The van der Waals surface area contributed by atoms with E-state index in [9.17, 15) is 0 Å². The molecule has 3 aliphatic heterocycles. The number of nitrogens with one attached hydrogen (secondary N) is 1. The van der Waals surface area contributed by atoms with Crippen molar-refractivity contribution in [2.45, 2.75) is 57.3 Å². The number of benzene rings is 1. The summed E-state index contributed by atoms with van der Waals surface area (Å²) in [5.41, 5.74) is 1.16. The summed E-state index contributed by atoms with van der Waals surface area (Å²) in [6.45, 7) is 5.66. The van der Waals surface area contributed by atoms with E-state index in [4.69, 9.17) is 18.9 Å². The van der Waals surface area contributed by atoms with Gasteiger partial charge in [0.1, 0.15) is 0 Å². The molecule has 166 valence electrons. The smallest absolute Gasteiger partial charge is 0.193 e. The molecule has 30 heavy (non-hydrogen) atoms. The van der Waals surface area contributed by atoms with Gasteiger partial charge in [-0.25, -0.2) is 0 Å². The maximum absolute atomic E-state index is 6.14. The number of rotatable bonds is 5. The van der Waals surface area contributed by atoms with Crippen molar-refractivity contribution in [2.24, 2.45) is 4.99 Å². The van der Waals surface area contributed by atoms with Crippen LogP contribution in [-0.4, -0.2) is 69.6 Å². The molecule has 3 heterocycles. The largest absolute Gasteiger partial charge is 0.490 e. The minimum Gasteiger partial charge on any atom is -0.490 e. The molecule has 1 N–H and O–H groups in total. The summed E-state index contributed by atoms with van der Waals surface area (Å²) in [7, 11) is 1.85. The van der Waals surface area contributed by atoms with E-state index >= 15 is 0 Å². The van der Waals surface area contributed by atoms with E-state index < -0.39 is 0 Å². The third-order valence-electron chi connectivity index (χ3n) is 6.01. The first-order valence-corrected chi connectivity index (χ1v) is 11.4. The fourth-order valence-corrected chi connectivity index (χ4v) is 4.25. The Balaban J connectivity index is 1.22. The monoisotopic (exact) mass is 417 g/mol. The second kappa shape index (κ2) is 10.9. The number of likely N-dealkylation sites (tertiary alicyclic amines) is 1. The molecule has 0 aliphatic carbocycles. The van der Waals surface area contributed by atoms with Gasteiger partial charge in [0.15, 0.2) is 17.5 Å². The highest BCUT2D eigenvalue weighted by Gasteiger charge is 2.24. The van der Waals surface area contributed by atoms with Crippen LogP contribution < -0.4 is 14.8 Å². The van der Waals surface area contributed by atoms with E-state index in [0.717, 1.165) is 75.0 Å².